The van der Waals surface area contributed by atoms with Gasteiger partial charge in [-0.2, -0.15) is 0 Å². The van der Waals surface area contributed by atoms with E-state index in [0.717, 1.165) is 18.4 Å². The summed E-state index contributed by atoms with van der Waals surface area (Å²) in [6, 6.07) is 7.90. The Morgan fingerprint density at radius 1 is 0.865 bits per heavy atom. The summed E-state index contributed by atoms with van der Waals surface area (Å²) in [6.07, 6.45) is 3.89. The molecule has 0 aromatic heterocycles. The first-order chi connectivity index (χ1) is 24.7. The number of nitrogens with zero attached hydrogens (tertiary/aromatic N) is 2. The van der Waals surface area contributed by atoms with Crippen LogP contribution in [-0.4, -0.2) is 116 Å². The van der Waals surface area contributed by atoms with Crippen LogP contribution < -0.4 is 32.3 Å². The molecule has 0 bridgehead atoms. The molecule has 288 valence electrons. The normalized spacial score (nSPS) is 14.9. The lowest BCUT2D eigenvalue weighted by molar-refractivity contribution is -0.141. The van der Waals surface area contributed by atoms with Crippen molar-refractivity contribution >= 4 is 47.3 Å². The number of nitrogens with two attached hydrogens (primary N) is 1. The number of rotatable bonds is 24. The number of unbranched alkanes of at least 4 members (excludes halogenated alkanes) is 2. The molecule has 1 unspecified atom stereocenters. The Bertz CT molecular complexity index is 1400. The van der Waals surface area contributed by atoms with E-state index < -0.39 is 42.1 Å². The smallest absolute Gasteiger partial charge is 0.243 e. The molecular formula is C36H56N8O8. The van der Waals surface area contributed by atoms with Gasteiger partial charge in [-0.15, -0.1) is 0 Å². The van der Waals surface area contributed by atoms with E-state index in [9.17, 15) is 38.4 Å². The zero-order chi connectivity index (χ0) is 38.7. The quantitative estimate of drug-likeness (QED) is 0.0587. The van der Waals surface area contributed by atoms with Gasteiger partial charge in [0.25, 0.3) is 0 Å². The summed E-state index contributed by atoms with van der Waals surface area (Å²) in [7, 11) is 1.67. The van der Waals surface area contributed by atoms with Crippen LogP contribution in [0.4, 0.5) is 0 Å². The fraction of sp³-hybridized carbons (Fsp3) is 0.611. The minimum absolute atomic E-state index is 0.0392. The number of amides is 8. The van der Waals surface area contributed by atoms with Crippen LogP contribution in [0.2, 0.25) is 0 Å². The van der Waals surface area contributed by atoms with Crippen LogP contribution >= 0.6 is 0 Å². The van der Waals surface area contributed by atoms with Crippen molar-refractivity contribution in [3.8, 4) is 0 Å². The highest BCUT2D eigenvalue weighted by Crippen LogP contribution is 2.41. The van der Waals surface area contributed by atoms with Crippen LogP contribution in [0.5, 0.6) is 0 Å². The number of likely N-dealkylation sites (N-methyl/N-ethyl adjacent to an activating group) is 1. The predicted molar refractivity (Wildman–Crippen MR) is 193 cm³/mol. The average molecular weight is 729 g/mol. The second-order valence-corrected chi connectivity index (χ2v) is 13.4. The van der Waals surface area contributed by atoms with Gasteiger partial charge in [0.05, 0.1) is 32.1 Å². The summed E-state index contributed by atoms with van der Waals surface area (Å²) >= 11 is 0. The van der Waals surface area contributed by atoms with Crippen LogP contribution in [0, 0.1) is 11.3 Å². The first-order valence-electron chi connectivity index (χ1n) is 17.9. The lowest BCUT2D eigenvalue weighted by atomic mass is 9.72. The van der Waals surface area contributed by atoms with Crippen molar-refractivity contribution in [2.45, 2.75) is 78.2 Å². The minimum atomic E-state index is -1.04. The van der Waals surface area contributed by atoms with E-state index in [1.807, 2.05) is 19.9 Å². The summed E-state index contributed by atoms with van der Waals surface area (Å²) in [4.78, 5) is 102. The molecule has 0 aliphatic carbocycles. The van der Waals surface area contributed by atoms with E-state index in [1.165, 1.54) is 4.90 Å². The third-order valence-electron chi connectivity index (χ3n) is 9.48. The monoisotopic (exact) mass is 728 g/mol. The van der Waals surface area contributed by atoms with Gasteiger partial charge in [0, 0.05) is 38.9 Å². The maximum atomic E-state index is 13.0. The van der Waals surface area contributed by atoms with Gasteiger partial charge in [0.2, 0.25) is 47.3 Å². The second kappa shape index (κ2) is 22.2. The molecule has 8 amide bonds. The third kappa shape index (κ3) is 15.2. The highest BCUT2D eigenvalue weighted by Gasteiger charge is 2.46. The Balaban J connectivity index is 1.71. The molecule has 0 saturated carbocycles. The lowest BCUT2D eigenvalue weighted by Crippen LogP contribution is -2.52. The topological polar surface area (TPSA) is 229 Å². The Morgan fingerprint density at radius 3 is 2.13 bits per heavy atom. The number of hydrogen-bond acceptors (Lipinski definition) is 9. The molecule has 52 heavy (non-hydrogen) atoms. The van der Waals surface area contributed by atoms with Crippen molar-refractivity contribution < 1.29 is 38.4 Å². The zero-order valence-electron chi connectivity index (χ0n) is 30.9. The molecular weight excluding hydrogens is 672 g/mol. The number of carbonyl (C=O) groups is 8. The Morgan fingerprint density at radius 2 is 1.48 bits per heavy atom. The van der Waals surface area contributed by atoms with Crippen molar-refractivity contribution in [2.75, 3.05) is 52.9 Å². The van der Waals surface area contributed by atoms with Crippen molar-refractivity contribution in [2.24, 2.45) is 17.1 Å². The fourth-order valence-electron chi connectivity index (χ4n) is 5.83. The number of benzene rings is 1. The van der Waals surface area contributed by atoms with Crippen LogP contribution in [0.1, 0.15) is 71.3 Å². The van der Waals surface area contributed by atoms with E-state index in [1.54, 1.807) is 36.2 Å². The number of imide groups is 1. The third-order valence-corrected chi connectivity index (χ3v) is 9.48. The van der Waals surface area contributed by atoms with Gasteiger partial charge in [-0.25, -0.2) is 0 Å². The van der Waals surface area contributed by atoms with Gasteiger partial charge in [-0.05, 0) is 43.7 Å². The maximum Gasteiger partial charge on any atom is 0.243 e. The molecule has 0 radical (unpaired) electrons. The number of nitrogens with one attached hydrogen (secondary N) is 5. The molecule has 1 aromatic carbocycles. The van der Waals surface area contributed by atoms with E-state index in [2.05, 4.69) is 33.5 Å². The molecule has 7 N–H and O–H groups in total. The average Bonchev–Trinajstić information content (AvgIpc) is 3.40. The summed E-state index contributed by atoms with van der Waals surface area (Å²) in [5.74, 6) is -3.70. The molecule has 1 aliphatic heterocycles. The number of carbonyl (C=O) groups excluding carboxylic acids is 8. The molecule has 1 fully saturated rings. The molecule has 2 rings (SSSR count). The summed E-state index contributed by atoms with van der Waals surface area (Å²) in [5.41, 5.74) is 5.70. The van der Waals surface area contributed by atoms with E-state index >= 15 is 0 Å². The SMILES string of the molecule is CCC(C)(CC)C1CC(=O)N(CCCCCC(=O)NCC(=O)NCC(=O)N[C@@H](Cc2ccccc2)C(=O)NCC(=O)NCCN(C)CC(N)=O)C1=O. The largest absolute Gasteiger partial charge is 0.369 e. The number of hydrogen-bond donors (Lipinski definition) is 6. The standard InChI is InChI=1S/C36H56N8O8/c1-5-36(3,6-2)26-20-33(50)44(35(26)52)17-12-8-11-15-29(46)39-21-31(48)40-23-32(49)42-27(19-25-13-9-7-10-14-25)34(51)41-22-30(47)38-16-18-43(4)24-28(37)45/h7,9-10,13-14,26-27H,5-6,8,11-12,15-24H2,1-4H3,(H2,37,45)(H,38,47)(H,39,46)(H,40,48)(H,41,51)(H,42,49)/t26?,27-/m0/s1. The molecule has 1 aromatic rings. The zero-order valence-corrected chi connectivity index (χ0v) is 30.9. The molecule has 1 aliphatic rings. The number of primary amides is 1. The molecule has 1 heterocycles. The minimum Gasteiger partial charge on any atom is -0.369 e. The van der Waals surface area contributed by atoms with Crippen molar-refractivity contribution in [1.82, 2.24) is 36.4 Å². The van der Waals surface area contributed by atoms with Gasteiger partial charge in [-0.3, -0.25) is 48.2 Å². The van der Waals surface area contributed by atoms with Crippen molar-refractivity contribution in [3.05, 3.63) is 35.9 Å². The number of likely N-dealkylation sites (tertiary alicyclic amines) is 1. The molecule has 16 heteroatoms. The highest BCUT2D eigenvalue weighted by atomic mass is 16.2. The molecule has 0 spiro atoms. The van der Waals surface area contributed by atoms with Gasteiger partial charge >= 0.3 is 0 Å². The van der Waals surface area contributed by atoms with Gasteiger partial charge in [0.1, 0.15) is 6.04 Å². The molecule has 1 saturated heterocycles. The summed E-state index contributed by atoms with van der Waals surface area (Å²) in [5, 5.41) is 12.6. The fourth-order valence-corrected chi connectivity index (χ4v) is 5.83. The van der Waals surface area contributed by atoms with Crippen molar-refractivity contribution in [3.63, 3.8) is 0 Å². The Hall–Kier alpha value is -4.86. The first kappa shape index (κ1) is 43.3. The Labute approximate surface area is 305 Å². The Kier molecular flexibility index (Phi) is 18.5. The maximum absolute atomic E-state index is 13.0. The van der Waals surface area contributed by atoms with Crippen LogP contribution in [0.3, 0.4) is 0 Å². The predicted octanol–water partition coefficient (Wildman–Crippen LogP) is -0.642. The van der Waals surface area contributed by atoms with Crippen LogP contribution in [-0.2, 0) is 44.8 Å². The summed E-state index contributed by atoms with van der Waals surface area (Å²) in [6.45, 7) is 5.95. The van der Waals surface area contributed by atoms with Gasteiger partial charge in [-0.1, -0.05) is 57.5 Å². The highest BCUT2D eigenvalue weighted by molar-refractivity contribution is 6.04. The van der Waals surface area contributed by atoms with Crippen LogP contribution in [0.15, 0.2) is 30.3 Å². The van der Waals surface area contributed by atoms with Gasteiger partial charge < -0.3 is 32.3 Å². The van der Waals surface area contributed by atoms with Crippen LogP contribution in [0.25, 0.3) is 0 Å². The van der Waals surface area contributed by atoms with E-state index in [-0.39, 0.29) is 74.5 Å². The van der Waals surface area contributed by atoms with Gasteiger partial charge in [0.15, 0.2) is 0 Å². The second-order valence-electron chi connectivity index (χ2n) is 13.4. The van der Waals surface area contributed by atoms with E-state index in [4.69, 9.17) is 5.73 Å². The first-order valence-corrected chi connectivity index (χ1v) is 17.9. The van der Waals surface area contributed by atoms with E-state index in [0.29, 0.717) is 32.4 Å². The summed E-state index contributed by atoms with van der Waals surface area (Å²) < 4.78 is 0. The van der Waals surface area contributed by atoms with Crippen molar-refractivity contribution in [1.29, 1.82) is 0 Å². The molecule has 16 nitrogen and oxygen atoms in total. The lowest BCUT2D eigenvalue weighted by Gasteiger charge is -2.31. The molecule has 2 atom stereocenters.